The van der Waals surface area contributed by atoms with Gasteiger partial charge in [-0.3, -0.25) is 14.4 Å². The summed E-state index contributed by atoms with van der Waals surface area (Å²) in [6.45, 7) is 7.90. The Bertz CT molecular complexity index is 1390. The van der Waals surface area contributed by atoms with E-state index in [1.54, 1.807) is 22.9 Å². The number of nitrogens with zero attached hydrogens (tertiary/aromatic N) is 3. The molecule has 0 unspecified atom stereocenters. The number of aryl methyl sites for hydroxylation is 2. The monoisotopic (exact) mass is 514 g/mol. The number of likely N-dealkylation sites (tertiary alicyclic amines) is 1. The zero-order valence-corrected chi connectivity index (χ0v) is 22.5. The van der Waals surface area contributed by atoms with Gasteiger partial charge in [-0.1, -0.05) is 23.5 Å². The molecule has 2 heterocycles. The van der Waals surface area contributed by atoms with E-state index >= 15 is 0 Å². The number of phenolic OH excluding ortho intramolecular Hbond substituents is 1. The lowest BCUT2D eigenvalue weighted by atomic mass is 10.0. The Morgan fingerprint density at radius 1 is 1.11 bits per heavy atom. The molecule has 38 heavy (non-hydrogen) atoms. The molecule has 2 N–H and O–H groups in total. The van der Waals surface area contributed by atoms with Crippen LogP contribution in [0.15, 0.2) is 48.7 Å². The molecule has 3 aromatic rings. The Balaban J connectivity index is 1.47. The maximum Gasteiger partial charge on any atom is 0.410 e. The first kappa shape index (κ1) is 26.8. The molecule has 4 rings (SSSR count). The van der Waals surface area contributed by atoms with E-state index in [0.29, 0.717) is 35.5 Å². The summed E-state index contributed by atoms with van der Waals surface area (Å²) in [6, 6.07) is 12.1. The number of nitrogens with one attached hydrogen (secondary N) is 1. The lowest BCUT2D eigenvalue weighted by Gasteiger charge is -2.35. The zero-order valence-electron chi connectivity index (χ0n) is 22.5. The van der Waals surface area contributed by atoms with Crippen molar-refractivity contribution >= 4 is 17.7 Å². The number of benzene rings is 2. The molecule has 1 aromatic heterocycles. The number of rotatable bonds is 3. The fraction of sp³-hybridized carbons (Fsp3) is 0.367. The third-order valence-corrected chi connectivity index (χ3v) is 6.16. The molecule has 1 aliphatic rings. The van der Waals surface area contributed by atoms with Crippen LogP contribution in [0.2, 0.25) is 0 Å². The lowest BCUT2D eigenvalue weighted by molar-refractivity contribution is -0.122. The van der Waals surface area contributed by atoms with E-state index < -0.39 is 17.7 Å². The molecule has 198 valence electrons. The summed E-state index contributed by atoms with van der Waals surface area (Å²) in [5.41, 5.74) is 3.74. The van der Waals surface area contributed by atoms with Gasteiger partial charge in [-0.2, -0.15) is 5.10 Å². The lowest BCUT2D eigenvalue weighted by Crippen LogP contribution is -2.51. The summed E-state index contributed by atoms with van der Waals surface area (Å²) >= 11 is 0. The van der Waals surface area contributed by atoms with Crippen LogP contribution in [0.3, 0.4) is 0 Å². The summed E-state index contributed by atoms with van der Waals surface area (Å²) in [4.78, 5) is 27.2. The highest BCUT2D eigenvalue weighted by molar-refractivity contribution is 5.96. The van der Waals surface area contributed by atoms with E-state index in [1.165, 1.54) is 4.90 Å². The van der Waals surface area contributed by atoms with Crippen molar-refractivity contribution in [3.8, 4) is 28.8 Å². The van der Waals surface area contributed by atoms with E-state index in [0.717, 1.165) is 24.0 Å². The predicted octanol–water partition coefficient (Wildman–Crippen LogP) is 5.23. The molecule has 0 saturated carbocycles. The fourth-order valence-electron chi connectivity index (χ4n) is 4.36. The average molecular weight is 515 g/mol. The number of aromatic hydroxyl groups is 1. The number of hydrogen-bond acceptors (Lipinski definition) is 5. The van der Waals surface area contributed by atoms with Gasteiger partial charge in [0.05, 0.1) is 5.56 Å². The van der Waals surface area contributed by atoms with Crippen molar-refractivity contribution in [1.29, 1.82) is 0 Å². The number of ether oxygens (including phenoxy) is 1. The summed E-state index contributed by atoms with van der Waals surface area (Å²) in [6.07, 6.45) is 3.68. The van der Waals surface area contributed by atoms with E-state index in [-0.39, 0.29) is 11.7 Å². The smallest absolute Gasteiger partial charge is 0.410 e. The number of phenols is 1. The van der Waals surface area contributed by atoms with Crippen molar-refractivity contribution in [3.05, 3.63) is 65.4 Å². The van der Waals surface area contributed by atoms with Crippen LogP contribution < -0.4 is 5.32 Å². The van der Waals surface area contributed by atoms with Gasteiger partial charge in [-0.05, 0) is 83.4 Å². The second-order valence-corrected chi connectivity index (χ2v) is 10.6. The normalized spacial score (nSPS) is 15.4. The minimum Gasteiger partial charge on any atom is -0.507 e. The number of anilines is 1. The van der Waals surface area contributed by atoms with Crippen molar-refractivity contribution in [2.24, 2.45) is 7.05 Å². The van der Waals surface area contributed by atoms with E-state index in [1.807, 2.05) is 65.2 Å². The third-order valence-electron chi connectivity index (χ3n) is 6.16. The number of piperidine rings is 1. The van der Waals surface area contributed by atoms with Gasteiger partial charge in [0.1, 0.15) is 23.1 Å². The zero-order chi connectivity index (χ0) is 27.4. The van der Waals surface area contributed by atoms with Crippen LogP contribution in [0.4, 0.5) is 10.5 Å². The molecule has 0 radical (unpaired) electrons. The van der Waals surface area contributed by atoms with Crippen LogP contribution in [0, 0.1) is 18.8 Å². The number of carbonyl (C=O) groups is 2. The van der Waals surface area contributed by atoms with Crippen molar-refractivity contribution in [1.82, 2.24) is 14.7 Å². The van der Waals surface area contributed by atoms with Crippen LogP contribution in [0.25, 0.3) is 11.3 Å². The summed E-state index contributed by atoms with van der Waals surface area (Å²) in [5.74, 6) is 6.22. The van der Waals surface area contributed by atoms with Gasteiger partial charge < -0.3 is 15.2 Å². The highest BCUT2D eigenvalue weighted by Crippen LogP contribution is 2.31. The second-order valence-electron chi connectivity index (χ2n) is 10.6. The molecule has 1 aliphatic heterocycles. The molecule has 8 nitrogen and oxygen atoms in total. The van der Waals surface area contributed by atoms with Crippen molar-refractivity contribution < 1.29 is 19.4 Å². The van der Waals surface area contributed by atoms with Crippen LogP contribution in [0.5, 0.6) is 5.75 Å². The molecule has 1 saturated heterocycles. The minimum absolute atomic E-state index is 0.153. The minimum atomic E-state index is -0.622. The highest BCUT2D eigenvalue weighted by Gasteiger charge is 2.34. The molecule has 8 heteroatoms. The van der Waals surface area contributed by atoms with E-state index in [2.05, 4.69) is 22.3 Å². The van der Waals surface area contributed by atoms with Crippen molar-refractivity contribution in [2.75, 3.05) is 11.9 Å². The topological polar surface area (TPSA) is 96.7 Å². The first-order valence-electron chi connectivity index (χ1n) is 12.8. The summed E-state index contributed by atoms with van der Waals surface area (Å²) in [5, 5.41) is 17.8. The number of aromatic nitrogens is 2. The molecular formula is C30H34N4O4. The first-order chi connectivity index (χ1) is 18.0. The van der Waals surface area contributed by atoms with Crippen LogP contribution >= 0.6 is 0 Å². The molecule has 1 atom stereocenters. The predicted molar refractivity (Wildman–Crippen MR) is 147 cm³/mol. The average Bonchev–Trinajstić information content (AvgIpc) is 3.24. The van der Waals surface area contributed by atoms with Crippen LogP contribution in [-0.2, 0) is 16.6 Å². The van der Waals surface area contributed by atoms with Gasteiger partial charge in [0, 0.05) is 36.6 Å². The van der Waals surface area contributed by atoms with Gasteiger partial charge in [0.2, 0.25) is 5.91 Å². The Morgan fingerprint density at radius 2 is 1.84 bits per heavy atom. The van der Waals surface area contributed by atoms with Gasteiger partial charge in [-0.25, -0.2) is 4.79 Å². The Labute approximate surface area is 223 Å². The largest absolute Gasteiger partial charge is 0.507 e. The van der Waals surface area contributed by atoms with Gasteiger partial charge in [0.15, 0.2) is 0 Å². The Morgan fingerprint density at radius 3 is 2.55 bits per heavy atom. The number of amides is 2. The molecule has 0 spiro atoms. The first-order valence-corrected chi connectivity index (χ1v) is 12.8. The Kier molecular flexibility index (Phi) is 7.77. The summed E-state index contributed by atoms with van der Waals surface area (Å²) < 4.78 is 7.18. The maximum atomic E-state index is 13.1. The van der Waals surface area contributed by atoms with Gasteiger partial charge >= 0.3 is 6.09 Å². The van der Waals surface area contributed by atoms with Gasteiger partial charge in [-0.15, -0.1) is 0 Å². The van der Waals surface area contributed by atoms with E-state index in [9.17, 15) is 14.7 Å². The van der Waals surface area contributed by atoms with E-state index in [4.69, 9.17) is 4.74 Å². The second kappa shape index (κ2) is 11.0. The standard InChI is InChI=1S/C30H34N4O4/c1-20-9-16-26(35)24(18-20)27-22(19-33(5)32-27)13-10-21-11-14-23(15-12-21)31-28(36)25-8-6-7-17-34(25)29(37)38-30(2,3)4/h9,11-12,14-16,18-19,25,35H,6-8,17H2,1-5H3,(H,31,36)/t25-/m0/s1. The number of carbonyl (C=O) groups excluding carboxylic acids is 2. The third kappa shape index (κ3) is 6.54. The maximum absolute atomic E-state index is 13.1. The van der Waals surface area contributed by atoms with Crippen molar-refractivity contribution in [2.45, 2.75) is 58.6 Å². The Hall–Kier alpha value is -4.25. The van der Waals surface area contributed by atoms with Gasteiger partial charge in [0.25, 0.3) is 0 Å². The van der Waals surface area contributed by atoms with Crippen LogP contribution in [0.1, 0.15) is 56.7 Å². The highest BCUT2D eigenvalue weighted by atomic mass is 16.6. The molecule has 2 aromatic carbocycles. The van der Waals surface area contributed by atoms with Crippen LogP contribution in [-0.4, -0.2) is 50.0 Å². The molecular weight excluding hydrogens is 480 g/mol. The SMILES string of the molecule is Cc1ccc(O)c(-c2nn(C)cc2C#Cc2ccc(NC(=O)[C@@H]3CCCCN3C(=O)OC(C)(C)C)cc2)c1. The molecule has 0 bridgehead atoms. The number of hydrogen-bond donors (Lipinski definition) is 2. The molecule has 0 aliphatic carbocycles. The quantitative estimate of drug-likeness (QED) is 0.467. The molecule has 1 fully saturated rings. The fourth-order valence-corrected chi connectivity index (χ4v) is 4.36. The summed E-state index contributed by atoms with van der Waals surface area (Å²) in [7, 11) is 1.81. The van der Waals surface area contributed by atoms with Crippen molar-refractivity contribution in [3.63, 3.8) is 0 Å². The molecule has 2 amide bonds.